The Hall–Kier alpha value is -1.69. The molecule has 0 bridgehead atoms. The predicted molar refractivity (Wildman–Crippen MR) is 81.1 cm³/mol. The maximum absolute atomic E-state index is 13.6. The normalized spacial score (nSPS) is 18.2. The standard InChI is InChI=1S/C15H22FN3O2/c1-11(2)9-18(10-13-4-3-7-17-13)15-8-12(16)5-6-14(15)19(20)21/h5-6,8,11,13,17H,3-4,7,9-10H2,1-2H3. The van der Waals surface area contributed by atoms with Gasteiger partial charge in [0.1, 0.15) is 11.5 Å². The van der Waals surface area contributed by atoms with E-state index in [9.17, 15) is 14.5 Å². The van der Waals surface area contributed by atoms with Crippen molar-refractivity contribution in [1.29, 1.82) is 0 Å². The molecule has 1 aromatic carbocycles. The third-order valence-corrected chi connectivity index (χ3v) is 3.66. The highest BCUT2D eigenvalue weighted by Crippen LogP contribution is 2.30. The fourth-order valence-corrected chi connectivity index (χ4v) is 2.79. The van der Waals surface area contributed by atoms with E-state index in [1.54, 1.807) is 0 Å². The second-order valence-electron chi connectivity index (χ2n) is 5.98. The zero-order valence-electron chi connectivity index (χ0n) is 12.5. The van der Waals surface area contributed by atoms with Crippen molar-refractivity contribution in [3.05, 3.63) is 34.1 Å². The zero-order chi connectivity index (χ0) is 15.4. The van der Waals surface area contributed by atoms with Crippen molar-refractivity contribution in [3.8, 4) is 0 Å². The van der Waals surface area contributed by atoms with E-state index in [2.05, 4.69) is 19.2 Å². The van der Waals surface area contributed by atoms with E-state index in [1.165, 1.54) is 12.1 Å². The van der Waals surface area contributed by atoms with E-state index < -0.39 is 10.7 Å². The van der Waals surface area contributed by atoms with E-state index in [1.807, 2.05) is 4.90 Å². The van der Waals surface area contributed by atoms with Gasteiger partial charge in [0.2, 0.25) is 0 Å². The van der Waals surface area contributed by atoms with Gasteiger partial charge in [0.15, 0.2) is 0 Å². The van der Waals surface area contributed by atoms with Crippen LogP contribution in [0.3, 0.4) is 0 Å². The summed E-state index contributed by atoms with van der Waals surface area (Å²) in [6.45, 7) is 6.43. The van der Waals surface area contributed by atoms with Crippen LogP contribution >= 0.6 is 0 Å². The van der Waals surface area contributed by atoms with Crippen molar-refractivity contribution in [2.75, 3.05) is 24.5 Å². The fraction of sp³-hybridized carbons (Fsp3) is 0.600. The number of anilines is 1. The minimum Gasteiger partial charge on any atom is -0.364 e. The molecule has 21 heavy (non-hydrogen) atoms. The molecule has 2 rings (SSSR count). The van der Waals surface area contributed by atoms with Crippen LogP contribution in [0.2, 0.25) is 0 Å². The molecule has 1 atom stereocenters. The first-order valence-corrected chi connectivity index (χ1v) is 7.39. The van der Waals surface area contributed by atoms with Crippen LogP contribution in [0.25, 0.3) is 0 Å². The molecule has 1 heterocycles. The SMILES string of the molecule is CC(C)CN(CC1CCCN1)c1cc(F)ccc1[N+](=O)[O-]. The molecule has 0 aliphatic carbocycles. The van der Waals surface area contributed by atoms with Crippen molar-refractivity contribution >= 4 is 11.4 Å². The quantitative estimate of drug-likeness (QED) is 0.647. The molecule has 5 nitrogen and oxygen atoms in total. The Kier molecular flexibility index (Phi) is 5.12. The van der Waals surface area contributed by atoms with E-state index in [0.717, 1.165) is 25.5 Å². The van der Waals surface area contributed by atoms with Crippen LogP contribution in [0, 0.1) is 21.8 Å². The molecule has 1 unspecified atom stereocenters. The molecule has 116 valence electrons. The zero-order valence-corrected chi connectivity index (χ0v) is 12.5. The van der Waals surface area contributed by atoms with Crippen molar-refractivity contribution in [2.24, 2.45) is 5.92 Å². The molecular formula is C15H22FN3O2. The van der Waals surface area contributed by atoms with Crippen LogP contribution in [0.15, 0.2) is 18.2 Å². The van der Waals surface area contributed by atoms with E-state index in [-0.39, 0.29) is 5.69 Å². The van der Waals surface area contributed by atoms with Crippen LogP contribution in [0.4, 0.5) is 15.8 Å². The molecule has 1 saturated heterocycles. The third-order valence-electron chi connectivity index (χ3n) is 3.66. The highest BCUT2D eigenvalue weighted by Gasteiger charge is 2.24. The molecule has 0 saturated carbocycles. The van der Waals surface area contributed by atoms with Crippen molar-refractivity contribution in [3.63, 3.8) is 0 Å². The van der Waals surface area contributed by atoms with Crippen LogP contribution in [0.5, 0.6) is 0 Å². The van der Waals surface area contributed by atoms with Crippen LogP contribution in [-0.4, -0.2) is 30.6 Å². The lowest BCUT2D eigenvalue weighted by Gasteiger charge is -2.29. The van der Waals surface area contributed by atoms with E-state index in [4.69, 9.17) is 0 Å². The number of nitrogens with zero attached hydrogens (tertiary/aromatic N) is 2. The molecule has 1 aliphatic heterocycles. The lowest BCUT2D eigenvalue weighted by atomic mass is 10.1. The topological polar surface area (TPSA) is 58.4 Å². The lowest BCUT2D eigenvalue weighted by molar-refractivity contribution is -0.384. The second kappa shape index (κ2) is 6.85. The van der Waals surface area contributed by atoms with Gasteiger partial charge in [-0.15, -0.1) is 0 Å². The summed E-state index contributed by atoms with van der Waals surface area (Å²) in [6.07, 6.45) is 2.17. The number of hydrogen-bond acceptors (Lipinski definition) is 4. The summed E-state index contributed by atoms with van der Waals surface area (Å²) in [4.78, 5) is 12.7. The summed E-state index contributed by atoms with van der Waals surface area (Å²) in [5.41, 5.74) is 0.345. The number of nitro benzene ring substituents is 1. The van der Waals surface area contributed by atoms with Crippen LogP contribution in [-0.2, 0) is 0 Å². The van der Waals surface area contributed by atoms with Crippen LogP contribution in [0.1, 0.15) is 26.7 Å². The molecule has 0 radical (unpaired) electrons. The first-order chi connectivity index (χ1) is 9.97. The van der Waals surface area contributed by atoms with Gasteiger partial charge in [-0.2, -0.15) is 0 Å². The average molecular weight is 295 g/mol. The Morgan fingerprint density at radius 1 is 1.52 bits per heavy atom. The van der Waals surface area contributed by atoms with E-state index in [0.29, 0.717) is 30.7 Å². The monoisotopic (exact) mass is 295 g/mol. The molecule has 0 spiro atoms. The summed E-state index contributed by atoms with van der Waals surface area (Å²) >= 11 is 0. The van der Waals surface area contributed by atoms with Gasteiger partial charge in [-0.05, 0) is 31.4 Å². The number of rotatable bonds is 6. The maximum atomic E-state index is 13.6. The Bertz CT molecular complexity index is 502. The first-order valence-electron chi connectivity index (χ1n) is 7.39. The number of halogens is 1. The number of nitro groups is 1. The Morgan fingerprint density at radius 2 is 2.29 bits per heavy atom. The molecule has 0 amide bonds. The lowest BCUT2D eigenvalue weighted by Crippen LogP contribution is -2.39. The molecule has 1 aliphatic rings. The van der Waals surface area contributed by atoms with Crippen molar-refractivity contribution in [2.45, 2.75) is 32.7 Å². The van der Waals surface area contributed by atoms with Crippen molar-refractivity contribution in [1.82, 2.24) is 5.32 Å². The predicted octanol–water partition coefficient (Wildman–Crippen LogP) is 2.95. The molecule has 1 aromatic rings. The average Bonchev–Trinajstić information content (AvgIpc) is 2.90. The second-order valence-corrected chi connectivity index (χ2v) is 5.98. The van der Waals surface area contributed by atoms with Gasteiger partial charge >= 0.3 is 0 Å². The van der Waals surface area contributed by atoms with Crippen LogP contribution < -0.4 is 10.2 Å². The van der Waals surface area contributed by atoms with Gasteiger partial charge in [-0.1, -0.05) is 13.8 Å². The Balaban J connectivity index is 2.29. The molecule has 1 N–H and O–H groups in total. The highest BCUT2D eigenvalue weighted by molar-refractivity contribution is 5.63. The highest BCUT2D eigenvalue weighted by atomic mass is 19.1. The first kappa shape index (κ1) is 15.7. The molecule has 1 fully saturated rings. The van der Waals surface area contributed by atoms with E-state index >= 15 is 0 Å². The maximum Gasteiger partial charge on any atom is 0.292 e. The number of nitrogens with one attached hydrogen (secondary N) is 1. The van der Waals surface area contributed by atoms with Gasteiger partial charge in [0.25, 0.3) is 5.69 Å². The largest absolute Gasteiger partial charge is 0.364 e. The minimum absolute atomic E-state index is 0.0324. The Labute approximate surface area is 124 Å². The summed E-state index contributed by atoms with van der Waals surface area (Å²) in [5, 5.41) is 14.6. The molecule has 0 aromatic heterocycles. The van der Waals surface area contributed by atoms with Gasteiger partial charge < -0.3 is 10.2 Å². The summed E-state index contributed by atoms with van der Waals surface area (Å²) in [7, 11) is 0. The van der Waals surface area contributed by atoms with Gasteiger partial charge in [0.05, 0.1) is 4.92 Å². The number of hydrogen-bond donors (Lipinski definition) is 1. The summed E-state index contributed by atoms with van der Waals surface area (Å²) in [6, 6.07) is 3.98. The molecule has 6 heteroatoms. The molecular weight excluding hydrogens is 273 g/mol. The Morgan fingerprint density at radius 3 is 2.86 bits per heavy atom. The minimum atomic E-state index is -0.441. The summed E-state index contributed by atoms with van der Waals surface area (Å²) < 4.78 is 13.6. The number of benzene rings is 1. The summed E-state index contributed by atoms with van der Waals surface area (Å²) in [5.74, 6) is -0.0991. The van der Waals surface area contributed by atoms with Crippen molar-refractivity contribution < 1.29 is 9.31 Å². The van der Waals surface area contributed by atoms with Gasteiger partial charge in [0, 0.05) is 31.3 Å². The third kappa shape index (κ3) is 4.14. The smallest absolute Gasteiger partial charge is 0.292 e. The van der Waals surface area contributed by atoms with Gasteiger partial charge in [-0.25, -0.2) is 4.39 Å². The fourth-order valence-electron chi connectivity index (χ4n) is 2.79. The van der Waals surface area contributed by atoms with Gasteiger partial charge in [-0.3, -0.25) is 10.1 Å².